The van der Waals surface area contributed by atoms with Gasteiger partial charge in [0.1, 0.15) is 30.7 Å². The van der Waals surface area contributed by atoms with E-state index in [4.69, 9.17) is 29.0 Å². The van der Waals surface area contributed by atoms with Crippen LogP contribution in [0.4, 0.5) is 5.82 Å². The molecule has 384 valence electrons. The maximum atomic E-state index is 12.8. The SMILES string of the molecule is CCCCC/C=C\C=C\C(=O)CCCCCCCC(=O)OC[C@H](COP(=O)(O)OP(=O)(O)OC[C@H]1O[C@@H](n2ccc(N)nc2=O)[C@H](O)[C@@H]1O)OC(=O)CCCCCCCCCCCCCCC. The van der Waals surface area contributed by atoms with Gasteiger partial charge >= 0.3 is 33.3 Å². The van der Waals surface area contributed by atoms with E-state index >= 15 is 0 Å². The Kier molecular flexibility index (Phi) is 31.4. The first kappa shape index (κ1) is 60.0. The summed E-state index contributed by atoms with van der Waals surface area (Å²) in [5.41, 5.74) is 4.57. The molecule has 1 aliphatic heterocycles. The second-order valence-corrected chi connectivity index (χ2v) is 20.0. The number of esters is 2. The Bertz CT molecular complexity index is 1780. The highest BCUT2D eigenvalue weighted by Gasteiger charge is 2.46. The van der Waals surface area contributed by atoms with Gasteiger partial charge in [0.05, 0.1) is 13.2 Å². The maximum absolute atomic E-state index is 12.8. The fourth-order valence-electron chi connectivity index (χ4n) is 7.18. The number of nitrogens with zero attached hydrogens (tertiary/aromatic N) is 2. The van der Waals surface area contributed by atoms with Crippen LogP contribution in [0.5, 0.6) is 0 Å². The molecule has 2 unspecified atom stereocenters. The van der Waals surface area contributed by atoms with E-state index in [0.29, 0.717) is 25.7 Å². The number of nitrogens with two attached hydrogens (primary N) is 1. The largest absolute Gasteiger partial charge is 0.481 e. The van der Waals surface area contributed by atoms with E-state index in [1.54, 1.807) is 12.2 Å². The molecule has 1 saturated heterocycles. The van der Waals surface area contributed by atoms with Crippen molar-refractivity contribution in [2.24, 2.45) is 0 Å². The number of ether oxygens (including phenoxy) is 3. The third kappa shape index (κ3) is 28.2. The number of hydrogen-bond acceptors (Lipinski definition) is 16. The van der Waals surface area contributed by atoms with Crippen LogP contribution in [-0.4, -0.2) is 91.5 Å². The predicted molar refractivity (Wildman–Crippen MR) is 252 cm³/mol. The normalized spacial score (nSPS) is 19.7. The van der Waals surface area contributed by atoms with Gasteiger partial charge in [0.2, 0.25) is 0 Å². The molecule has 67 heavy (non-hydrogen) atoms. The number of aliphatic hydroxyl groups is 2. The van der Waals surface area contributed by atoms with Crippen molar-refractivity contribution in [3.8, 4) is 0 Å². The van der Waals surface area contributed by atoms with Gasteiger partial charge in [-0.15, -0.1) is 0 Å². The van der Waals surface area contributed by atoms with E-state index in [9.17, 15) is 48.3 Å². The lowest BCUT2D eigenvalue weighted by Gasteiger charge is -2.21. The first-order valence-electron chi connectivity index (χ1n) is 24.3. The number of unbranched alkanes of at least 4 members (excludes halogenated alkanes) is 19. The molecule has 1 aromatic rings. The van der Waals surface area contributed by atoms with Gasteiger partial charge in [-0.05, 0) is 44.2 Å². The van der Waals surface area contributed by atoms with Crippen molar-refractivity contribution in [1.29, 1.82) is 0 Å². The molecule has 0 amide bonds. The van der Waals surface area contributed by atoms with Gasteiger partial charge in [-0.25, -0.2) is 13.9 Å². The third-order valence-electron chi connectivity index (χ3n) is 11.0. The molecular formula is C46H79N3O16P2. The number of rotatable bonds is 40. The zero-order valence-corrected chi connectivity index (χ0v) is 41.5. The Hall–Kier alpha value is -3.09. The van der Waals surface area contributed by atoms with Crippen LogP contribution >= 0.6 is 15.6 Å². The number of phosphoric acid groups is 2. The summed E-state index contributed by atoms with van der Waals surface area (Å²) in [4.78, 5) is 73.9. The summed E-state index contributed by atoms with van der Waals surface area (Å²) in [7, 11) is -10.9. The fraction of sp³-hybridized carbons (Fsp3) is 0.761. The predicted octanol–water partition coefficient (Wildman–Crippen LogP) is 8.62. The van der Waals surface area contributed by atoms with E-state index in [1.807, 2.05) is 6.08 Å². The van der Waals surface area contributed by atoms with Crippen molar-refractivity contribution >= 4 is 39.2 Å². The van der Waals surface area contributed by atoms with Crippen molar-refractivity contribution in [2.45, 2.75) is 205 Å². The van der Waals surface area contributed by atoms with Gasteiger partial charge in [-0.2, -0.15) is 9.29 Å². The molecule has 1 aromatic heterocycles. The molecular weight excluding hydrogens is 912 g/mol. The van der Waals surface area contributed by atoms with Crippen LogP contribution in [0.3, 0.4) is 0 Å². The highest BCUT2D eigenvalue weighted by molar-refractivity contribution is 7.61. The van der Waals surface area contributed by atoms with Crippen molar-refractivity contribution < 1.29 is 71.1 Å². The van der Waals surface area contributed by atoms with Crippen LogP contribution in [0.25, 0.3) is 0 Å². The number of anilines is 1. The molecule has 0 radical (unpaired) electrons. The summed E-state index contributed by atoms with van der Waals surface area (Å²) < 4.78 is 56.6. The third-order valence-corrected chi connectivity index (χ3v) is 13.6. The topological polar surface area (TPSA) is 283 Å². The average Bonchev–Trinajstić information content (AvgIpc) is 3.55. The maximum Gasteiger partial charge on any atom is 0.481 e. The molecule has 21 heteroatoms. The Balaban J connectivity index is 1.83. The van der Waals surface area contributed by atoms with Gasteiger partial charge < -0.3 is 39.9 Å². The van der Waals surface area contributed by atoms with E-state index in [2.05, 4.69) is 29.2 Å². The van der Waals surface area contributed by atoms with Crippen LogP contribution in [0.15, 0.2) is 41.4 Å². The van der Waals surface area contributed by atoms with Crippen molar-refractivity contribution in [3.63, 3.8) is 0 Å². The van der Waals surface area contributed by atoms with Crippen LogP contribution in [0.1, 0.15) is 181 Å². The lowest BCUT2D eigenvalue weighted by Crippen LogP contribution is -2.36. The van der Waals surface area contributed by atoms with E-state index < -0.39 is 83.7 Å². The van der Waals surface area contributed by atoms with E-state index in [-0.39, 0.29) is 24.4 Å². The minimum atomic E-state index is -5.44. The first-order valence-corrected chi connectivity index (χ1v) is 27.3. The van der Waals surface area contributed by atoms with Crippen LogP contribution in [-0.2, 0) is 51.1 Å². The van der Waals surface area contributed by atoms with Gasteiger partial charge in [-0.3, -0.25) is 28.0 Å². The van der Waals surface area contributed by atoms with E-state index in [0.717, 1.165) is 68.6 Å². The molecule has 6 N–H and O–H groups in total. The molecule has 7 atom stereocenters. The highest BCUT2D eigenvalue weighted by Crippen LogP contribution is 2.60. The number of phosphoric ester groups is 2. The molecule has 0 aromatic carbocycles. The summed E-state index contributed by atoms with van der Waals surface area (Å²) in [6.45, 7) is 1.98. The number of aliphatic hydroxyl groups excluding tert-OH is 2. The summed E-state index contributed by atoms with van der Waals surface area (Å²) in [5, 5.41) is 20.9. The molecule has 0 bridgehead atoms. The van der Waals surface area contributed by atoms with Gasteiger partial charge in [0, 0.05) is 25.5 Å². The first-order chi connectivity index (χ1) is 32.1. The number of carbonyl (C=O) groups is 3. The van der Waals surface area contributed by atoms with Crippen LogP contribution in [0, 0.1) is 0 Å². The zero-order valence-electron chi connectivity index (χ0n) is 39.7. The second kappa shape index (κ2) is 35.1. The Labute approximate surface area is 396 Å². The average molecular weight is 992 g/mol. The van der Waals surface area contributed by atoms with Gasteiger partial charge in [0.25, 0.3) is 0 Å². The number of nitrogen functional groups attached to an aromatic ring is 1. The Morgan fingerprint density at radius 3 is 1.88 bits per heavy atom. The standard InChI is InChI=1S/C46H79N3O16P2/c1-3-5-7-9-11-12-13-14-15-16-18-22-27-31-42(52)63-38(34-60-41(51)30-26-23-19-21-25-29-37(50)28-24-20-17-10-8-6-4-2)35-61-66(56,57)65-67(58,59)62-36-39-43(53)44(54)45(64-39)49-33-32-40(47)48-46(49)55/h17,20,24,28,32-33,38-39,43-45,53-54H,3-16,18-19,21-23,25-27,29-31,34-36H2,1-2H3,(H,56,57)(H,58,59)(H2,47,48,55)/b20-17-,28-24+/t38-,39-,43-,44-,45-/m1/s1. The van der Waals surface area contributed by atoms with Crippen LogP contribution < -0.4 is 11.4 Å². The quantitative estimate of drug-likeness (QED) is 0.0135. The van der Waals surface area contributed by atoms with Gasteiger partial charge in [0.15, 0.2) is 18.1 Å². The molecule has 2 rings (SSSR count). The lowest BCUT2D eigenvalue weighted by molar-refractivity contribution is -0.161. The Morgan fingerprint density at radius 2 is 1.28 bits per heavy atom. The number of carbonyl (C=O) groups excluding carboxylic acids is 3. The van der Waals surface area contributed by atoms with E-state index in [1.165, 1.54) is 70.3 Å². The molecule has 2 heterocycles. The fourth-order valence-corrected chi connectivity index (χ4v) is 9.29. The molecule has 1 fully saturated rings. The smallest absolute Gasteiger partial charge is 0.462 e. The zero-order chi connectivity index (χ0) is 49.3. The summed E-state index contributed by atoms with van der Waals surface area (Å²) in [6.07, 6.45) is 23.7. The molecule has 0 aliphatic carbocycles. The molecule has 0 spiro atoms. The van der Waals surface area contributed by atoms with Crippen molar-refractivity contribution in [2.75, 3.05) is 25.6 Å². The minimum Gasteiger partial charge on any atom is -0.462 e. The number of ketones is 1. The number of aromatic nitrogens is 2. The minimum absolute atomic E-state index is 0.0291. The molecule has 0 saturated carbocycles. The number of hydrogen-bond donors (Lipinski definition) is 5. The number of allylic oxidation sites excluding steroid dienone is 4. The van der Waals surface area contributed by atoms with Crippen molar-refractivity contribution in [3.05, 3.63) is 47.1 Å². The second-order valence-electron chi connectivity index (χ2n) is 17.0. The molecule has 19 nitrogen and oxygen atoms in total. The van der Waals surface area contributed by atoms with Gasteiger partial charge in [-0.1, -0.05) is 141 Å². The summed E-state index contributed by atoms with van der Waals surface area (Å²) >= 11 is 0. The van der Waals surface area contributed by atoms with Crippen molar-refractivity contribution in [1.82, 2.24) is 9.55 Å². The summed E-state index contributed by atoms with van der Waals surface area (Å²) in [6, 6.07) is 1.24. The Morgan fingerprint density at radius 1 is 0.746 bits per heavy atom. The molecule has 1 aliphatic rings. The monoisotopic (exact) mass is 991 g/mol. The summed E-state index contributed by atoms with van der Waals surface area (Å²) in [5.74, 6) is -1.33. The highest BCUT2D eigenvalue weighted by atomic mass is 31.3. The lowest BCUT2D eigenvalue weighted by atomic mass is 10.0. The van der Waals surface area contributed by atoms with Crippen LogP contribution in [0.2, 0.25) is 0 Å².